The number of hydrogen-bond donors (Lipinski definition) is 1. The second kappa shape index (κ2) is 7.49. The van der Waals surface area contributed by atoms with Crippen molar-refractivity contribution in [3.63, 3.8) is 0 Å². The van der Waals surface area contributed by atoms with Crippen molar-refractivity contribution in [2.75, 3.05) is 32.8 Å². The van der Waals surface area contributed by atoms with Crippen LogP contribution in [0.3, 0.4) is 0 Å². The molecule has 9 heteroatoms. The molecule has 8 nitrogen and oxygen atoms in total. The van der Waals surface area contributed by atoms with Crippen LogP contribution < -0.4 is 15.0 Å². The van der Waals surface area contributed by atoms with Gasteiger partial charge in [-0.15, -0.1) is 11.3 Å². The molecule has 1 atom stereocenters. The molecule has 1 amide bonds. The Morgan fingerprint density at radius 1 is 1.17 bits per heavy atom. The summed E-state index contributed by atoms with van der Waals surface area (Å²) in [7, 11) is 0. The topological polar surface area (TPSA) is 87.8 Å². The number of carbonyl (C=O) groups excluding carboxylic acids is 1. The number of hydrogen-bond acceptors (Lipinski definition) is 7. The minimum atomic E-state index is -0.615. The van der Waals surface area contributed by atoms with Crippen LogP contribution in [0.4, 0.5) is 0 Å². The second-order valence-corrected chi connectivity index (χ2v) is 8.03. The Kier molecular flexibility index (Phi) is 4.69. The number of nitrogens with one attached hydrogen (secondary N) is 1. The summed E-state index contributed by atoms with van der Waals surface area (Å²) in [6, 6.07) is 9.24. The van der Waals surface area contributed by atoms with Crippen molar-refractivity contribution in [2.24, 2.45) is 0 Å². The van der Waals surface area contributed by atoms with Gasteiger partial charge in [-0.05, 0) is 23.6 Å². The number of fused-ring (bicyclic) bond motifs is 2. The summed E-state index contributed by atoms with van der Waals surface area (Å²) in [5, 5.41) is 1.87. The fourth-order valence-corrected chi connectivity index (χ4v) is 4.41. The molecule has 0 unspecified atom stereocenters. The fourth-order valence-electron chi connectivity index (χ4n) is 3.68. The summed E-state index contributed by atoms with van der Waals surface area (Å²) in [4.78, 5) is 36.4. The largest absolute Gasteiger partial charge is 0.485 e. The number of benzene rings is 1. The van der Waals surface area contributed by atoms with E-state index < -0.39 is 6.10 Å². The van der Waals surface area contributed by atoms with Crippen molar-refractivity contribution in [3.8, 4) is 11.5 Å². The molecule has 0 spiro atoms. The van der Waals surface area contributed by atoms with Gasteiger partial charge in [0.15, 0.2) is 11.5 Å². The average molecular weight is 412 g/mol. The lowest BCUT2D eigenvalue weighted by atomic mass is 10.2. The van der Waals surface area contributed by atoms with E-state index in [2.05, 4.69) is 14.9 Å². The molecule has 0 aliphatic carbocycles. The van der Waals surface area contributed by atoms with Crippen molar-refractivity contribution < 1.29 is 14.3 Å². The van der Waals surface area contributed by atoms with Crippen LogP contribution in [0.2, 0.25) is 0 Å². The molecule has 29 heavy (non-hydrogen) atoms. The van der Waals surface area contributed by atoms with E-state index in [1.54, 1.807) is 0 Å². The molecule has 0 saturated carbocycles. The molecule has 1 saturated heterocycles. The zero-order valence-electron chi connectivity index (χ0n) is 15.7. The Bertz CT molecular complexity index is 1100. The molecule has 1 N–H and O–H groups in total. The van der Waals surface area contributed by atoms with Crippen LogP contribution in [0.25, 0.3) is 10.2 Å². The van der Waals surface area contributed by atoms with Gasteiger partial charge in [0.05, 0.1) is 12.1 Å². The zero-order chi connectivity index (χ0) is 19.8. The smallest absolute Gasteiger partial charge is 0.268 e. The molecule has 2 aromatic heterocycles. The molecule has 150 valence electrons. The first-order valence-electron chi connectivity index (χ1n) is 9.53. The van der Waals surface area contributed by atoms with E-state index in [9.17, 15) is 9.59 Å². The van der Waals surface area contributed by atoms with E-state index >= 15 is 0 Å². The highest BCUT2D eigenvalue weighted by molar-refractivity contribution is 7.17. The number of H-pyrrole nitrogens is 1. The van der Waals surface area contributed by atoms with Crippen LogP contribution in [0.1, 0.15) is 5.82 Å². The van der Waals surface area contributed by atoms with E-state index in [4.69, 9.17) is 9.47 Å². The molecule has 2 aliphatic rings. The van der Waals surface area contributed by atoms with Gasteiger partial charge in [0.25, 0.3) is 11.5 Å². The van der Waals surface area contributed by atoms with Crippen LogP contribution in [0.15, 0.2) is 40.5 Å². The Morgan fingerprint density at radius 2 is 1.97 bits per heavy atom. The minimum Gasteiger partial charge on any atom is -0.485 e. The predicted molar refractivity (Wildman–Crippen MR) is 108 cm³/mol. The first-order valence-corrected chi connectivity index (χ1v) is 10.4. The Labute approximate surface area is 170 Å². The van der Waals surface area contributed by atoms with E-state index in [0.717, 1.165) is 5.52 Å². The van der Waals surface area contributed by atoms with Gasteiger partial charge in [-0.25, -0.2) is 4.98 Å². The number of piperazine rings is 1. The summed E-state index contributed by atoms with van der Waals surface area (Å²) in [6.07, 6.45) is -0.615. The van der Waals surface area contributed by atoms with E-state index in [-0.39, 0.29) is 18.1 Å². The summed E-state index contributed by atoms with van der Waals surface area (Å²) < 4.78 is 12.2. The molecule has 5 rings (SSSR count). The van der Waals surface area contributed by atoms with Crippen LogP contribution in [0, 0.1) is 0 Å². The third-order valence-corrected chi connectivity index (χ3v) is 6.11. The number of ether oxygens (including phenoxy) is 2. The van der Waals surface area contributed by atoms with Crippen molar-refractivity contribution in [2.45, 2.75) is 12.6 Å². The monoisotopic (exact) mass is 412 g/mol. The van der Waals surface area contributed by atoms with Gasteiger partial charge in [0.1, 0.15) is 17.1 Å². The molecule has 1 fully saturated rings. The fraction of sp³-hybridized carbons (Fsp3) is 0.350. The summed E-state index contributed by atoms with van der Waals surface area (Å²) >= 11 is 1.40. The third kappa shape index (κ3) is 3.58. The van der Waals surface area contributed by atoms with Crippen molar-refractivity contribution in [1.82, 2.24) is 19.8 Å². The van der Waals surface area contributed by atoms with Gasteiger partial charge in [-0.3, -0.25) is 14.5 Å². The van der Waals surface area contributed by atoms with Crippen molar-refractivity contribution in [1.29, 1.82) is 0 Å². The first kappa shape index (κ1) is 18.1. The number of amides is 1. The number of aromatic nitrogens is 2. The summed E-state index contributed by atoms with van der Waals surface area (Å²) in [5.41, 5.74) is 0.640. The molecule has 2 aliphatic heterocycles. The molecule has 0 radical (unpaired) electrons. The molecule has 4 heterocycles. The standard InChI is InChI=1S/C20H20N4O4S/c25-19-18-13(5-10-29-18)21-17(22-19)11-23-6-8-24(9-7-23)20(26)16-12-27-14-3-1-2-4-15(14)28-16/h1-5,10,16H,6-9,11-12H2,(H,21,22,25)/t16-/m0/s1. The number of aromatic amines is 1. The zero-order valence-corrected chi connectivity index (χ0v) is 16.5. The highest BCUT2D eigenvalue weighted by Gasteiger charge is 2.32. The highest BCUT2D eigenvalue weighted by atomic mass is 32.1. The predicted octanol–water partition coefficient (Wildman–Crippen LogP) is 1.47. The third-order valence-electron chi connectivity index (χ3n) is 5.21. The van der Waals surface area contributed by atoms with Gasteiger partial charge >= 0.3 is 0 Å². The maximum Gasteiger partial charge on any atom is 0.268 e. The lowest BCUT2D eigenvalue weighted by molar-refractivity contribution is -0.143. The second-order valence-electron chi connectivity index (χ2n) is 7.11. The normalized spacial score (nSPS) is 19.4. The SMILES string of the molecule is O=C([C@@H]1COc2ccccc2O1)N1CCN(Cc2nc3ccsc3c(=O)[nH]2)CC1. The summed E-state index contributed by atoms with van der Waals surface area (Å²) in [5.74, 6) is 1.88. The van der Waals surface area contributed by atoms with Gasteiger partial charge in [-0.2, -0.15) is 0 Å². The molecular formula is C20H20N4O4S. The maximum atomic E-state index is 12.8. The number of thiophene rings is 1. The average Bonchev–Trinajstić information content (AvgIpc) is 3.23. The first-order chi connectivity index (χ1) is 14.2. The van der Waals surface area contributed by atoms with E-state index in [1.807, 2.05) is 40.6 Å². The van der Waals surface area contributed by atoms with Crippen LogP contribution >= 0.6 is 11.3 Å². The Morgan fingerprint density at radius 3 is 2.79 bits per heavy atom. The lowest BCUT2D eigenvalue weighted by Gasteiger charge is -2.36. The highest BCUT2D eigenvalue weighted by Crippen LogP contribution is 2.31. The van der Waals surface area contributed by atoms with Crippen molar-refractivity contribution in [3.05, 3.63) is 51.9 Å². The molecular weight excluding hydrogens is 392 g/mol. The van der Waals surface area contributed by atoms with Crippen LogP contribution in [-0.4, -0.2) is 64.6 Å². The van der Waals surface area contributed by atoms with Gasteiger partial charge < -0.3 is 19.4 Å². The maximum absolute atomic E-state index is 12.8. The molecule has 1 aromatic carbocycles. The van der Waals surface area contributed by atoms with Gasteiger partial charge in [0, 0.05) is 26.2 Å². The van der Waals surface area contributed by atoms with Crippen molar-refractivity contribution >= 4 is 27.5 Å². The van der Waals surface area contributed by atoms with E-state index in [1.165, 1.54) is 11.3 Å². The Hall–Kier alpha value is -2.91. The van der Waals surface area contributed by atoms with Gasteiger partial charge in [0.2, 0.25) is 6.10 Å². The lowest BCUT2D eigenvalue weighted by Crippen LogP contribution is -2.53. The molecule has 0 bridgehead atoms. The Balaban J connectivity index is 1.19. The van der Waals surface area contributed by atoms with Crippen LogP contribution in [0.5, 0.6) is 11.5 Å². The number of para-hydroxylation sites is 2. The number of carbonyl (C=O) groups is 1. The van der Waals surface area contributed by atoms with E-state index in [0.29, 0.717) is 54.7 Å². The molecule has 3 aromatic rings. The number of nitrogens with zero attached hydrogens (tertiary/aromatic N) is 3. The minimum absolute atomic E-state index is 0.0506. The van der Waals surface area contributed by atoms with Crippen LogP contribution in [-0.2, 0) is 11.3 Å². The summed E-state index contributed by atoms with van der Waals surface area (Å²) in [6.45, 7) is 3.40. The van der Waals surface area contributed by atoms with Gasteiger partial charge in [-0.1, -0.05) is 12.1 Å². The number of rotatable bonds is 3. The quantitative estimate of drug-likeness (QED) is 0.701.